The van der Waals surface area contributed by atoms with Crippen LogP contribution in [0, 0.1) is 10.1 Å². The summed E-state index contributed by atoms with van der Waals surface area (Å²) < 4.78 is 40.8. The number of carbonyl (C=O) groups is 1. The fourth-order valence-electron chi connectivity index (χ4n) is 2.61. The van der Waals surface area contributed by atoms with Gasteiger partial charge < -0.3 is 19.5 Å². The highest BCUT2D eigenvalue weighted by Crippen LogP contribution is 2.34. The summed E-state index contributed by atoms with van der Waals surface area (Å²) in [6.07, 6.45) is 0.884. The first kappa shape index (κ1) is 22.7. The molecule has 162 valence electrons. The highest BCUT2D eigenvalue weighted by molar-refractivity contribution is 7.92. The molecule has 12 heteroatoms. The molecule has 0 atom stereocenters. The van der Waals surface area contributed by atoms with Gasteiger partial charge in [0, 0.05) is 23.9 Å². The fraction of sp³-hybridized carbons (Fsp3) is 0.278. The van der Waals surface area contributed by atoms with Crippen molar-refractivity contribution in [2.45, 2.75) is 0 Å². The highest BCUT2D eigenvalue weighted by Gasteiger charge is 2.26. The van der Waals surface area contributed by atoms with Crippen molar-refractivity contribution < 1.29 is 32.3 Å². The molecule has 2 aromatic rings. The van der Waals surface area contributed by atoms with Crippen LogP contribution in [0.5, 0.6) is 17.2 Å². The average Bonchev–Trinajstić information content (AvgIpc) is 2.70. The Balaban J connectivity index is 2.36. The summed E-state index contributed by atoms with van der Waals surface area (Å²) in [5, 5.41) is 13.7. The minimum atomic E-state index is -3.98. The van der Waals surface area contributed by atoms with Crippen LogP contribution in [0.15, 0.2) is 36.4 Å². The number of amides is 1. The van der Waals surface area contributed by atoms with E-state index in [1.807, 2.05) is 0 Å². The van der Waals surface area contributed by atoms with Gasteiger partial charge in [0.15, 0.2) is 11.5 Å². The molecule has 0 saturated heterocycles. The maximum atomic E-state index is 12.6. The molecule has 11 nitrogen and oxygen atoms in total. The van der Waals surface area contributed by atoms with Gasteiger partial charge in [0.2, 0.25) is 15.9 Å². The number of nitro benzene ring substituents is 1. The minimum Gasteiger partial charge on any atom is -0.495 e. The lowest BCUT2D eigenvalue weighted by atomic mass is 10.2. The molecular formula is C18H21N3O8S. The molecule has 0 radical (unpaired) electrons. The second-order valence-corrected chi connectivity index (χ2v) is 7.91. The van der Waals surface area contributed by atoms with Crippen molar-refractivity contribution in [2.75, 3.05) is 43.8 Å². The third-order valence-corrected chi connectivity index (χ3v) is 5.12. The molecule has 0 spiro atoms. The number of sulfonamides is 1. The summed E-state index contributed by atoms with van der Waals surface area (Å²) in [4.78, 5) is 23.0. The molecule has 0 aliphatic carbocycles. The SMILES string of the molecule is COc1ccc(NC(=O)CN(c2cc([N+](=O)[O-])ccc2OC)S(C)(=O)=O)cc1OC. The number of anilines is 2. The number of ether oxygens (including phenoxy) is 3. The van der Waals surface area contributed by atoms with Gasteiger partial charge >= 0.3 is 0 Å². The van der Waals surface area contributed by atoms with Crippen molar-refractivity contribution in [1.29, 1.82) is 0 Å². The number of hydrogen-bond donors (Lipinski definition) is 1. The van der Waals surface area contributed by atoms with Crippen molar-refractivity contribution in [3.8, 4) is 17.2 Å². The van der Waals surface area contributed by atoms with Crippen LogP contribution >= 0.6 is 0 Å². The van der Waals surface area contributed by atoms with Gasteiger partial charge in [0.25, 0.3) is 5.69 Å². The second kappa shape index (κ2) is 9.31. The van der Waals surface area contributed by atoms with Gasteiger partial charge in [-0.15, -0.1) is 0 Å². The summed E-state index contributed by atoms with van der Waals surface area (Å²) in [5.74, 6) is 0.205. The average molecular weight is 439 g/mol. The maximum absolute atomic E-state index is 12.6. The molecule has 0 aliphatic heterocycles. The predicted molar refractivity (Wildman–Crippen MR) is 110 cm³/mol. The zero-order valence-electron chi connectivity index (χ0n) is 16.7. The van der Waals surface area contributed by atoms with E-state index < -0.39 is 27.4 Å². The number of rotatable bonds is 9. The Hall–Kier alpha value is -3.54. The summed E-state index contributed by atoms with van der Waals surface area (Å²) in [5.41, 5.74) is -0.131. The van der Waals surface area contributed by atoms with Crippen LogP contribution in [-0.4, -0.2) is 53.4 Å². The molecule has 0 heterocycles. The van der Waals surface area contributed by atoms with Gasteiger partial charge in [0.05, 0.1) is 32.5 Å². The van der Waals surface area contributed by atoms with E-state index in [0.29, 0.717) is 17.2 Å². The molecule has 1 N–H and O–H groups in total. The van der Waals surface area contributed by atoms with Crippen LogP contribution in [0.25, 0.3) is 0 Å². The Kier molecular flexibility index (Phi) is 7.06. The van der Waals surface area contributed by atoms with Crippen molar-refractivity contribution in [1.82, 2.24) is 0 Å². The first-order valence-corrected chi connectivity index (χ1v) is 10.3. The van der Waals surface area contributed by atoms with Crippen LogP contribution in [0.4, 0.5) is 17.1 Å². The van der Waals surface area contributed by atoms with E-state index in [-0.39, 0.29) is 17.1 Å². The lowest BCUT2D eigenvalue weighted by molar-refractivity contribution is -0.384. The number of hydrogen-bond acceptors (Lipinski definition) is 8. The molecular weight excluding hydrogens is 418 g/mol. The summed E-state index contributed by atoms with van der Waals surface area (Å²) in [6, 6.07) is 8.10. The van der Waals surface area contributed by atoms with E-state index in [1.54, 1.807) is 12.1 Å². The first-order valence-electron chi connectivity index (χ1n) is 8.42. The number of nitro groups is 1. The lowest BCUT2D eigenvalue weighted by Crippen LogP contribution is -2.37. The molecule has 0 unspecified atom stereocenters. The summed E-state index contributed by atoms with van der Waals surface area (Å²) in [7, 11) is 0.207. The number of non-ortho nitro benzene ring substituents is 1. The minimum absolute atomic E-state index is 0.0601. The molecule has 0 saturated carbocycles. The van der Waals surface area contributed by atoms with Crippen LogP contribution in [0.2, 0.25) is 0 Å². The monoisotopic (exact) mass is 439 g/mol. The Morgan fingerprint density at radius 2 is 1.63 bits per heavy atom. The van der Waals surface area contributed by atoms with Crippen molar-refractivity contribution in [3.05, 3.63) is 46.5 Å². The van der Waals surface area contributed by atoms with Crippen molar-refractivity contribution in [2.24, 2.45) is 0 Å². The normalized spacial score (nSPS) is 10.8. The van der Waals surface area contributed by atoms with E-state index in [9.17, 15) is 23.3 Å². The fourth-order valence-corrected chi connectivity index (χ4v) is 3.46. The zero-order chi connectivity index (χ0) is 22.5. The number of carbonyl (C=O) groups excluding carboxylic acids is 1. The Labute approximate surface area is 173 Å². The number of benzene rings is 2. The number of methoxy groups -OCH3 is 3. The molecule has 0 fully saturated rings. The van der Waals surface area contributed by atoms with E-state index in [2.05, 4.69) is 5.32 Å². The van der Waals surface area contributed by atoms with E-state index >= 15 is 0 Å². The third-order valence-electron chi connectivity index (χ3n) is 4.00. The van der Waals surface area contributed by atoms with E-state index in [0.717, 1.165) is 16.6 Å². The Morgan fingerprint density at radius 3 is 2.17 bits per heavy atom. The van der Waals surface area contributed by atoms with Crippen molar-refractivity contribution in [3.63, 3.8) is 0 Å². The molecule has 0 aliphatic rings. The van der Waals surface area contributed by atoms with Crippen molar-refractivity contribution >= 4 is 33.0 Å². The van der Waals surface area contributed by atoms with Gasteiger partial charge in [-0.3, -0.25) is 19.2 Å². The largest absolute Gasteiger partial charge is 0.495 e. The second-order valence-electron chi connectivity index (χ2n) is 6.00. The van der Waals surface area contributed by atoms with E-state index in [4.69, 9.17) is 14.2 Å². The van der Waals surface area contributed by atoms with E-state index in [1.165, 1.54) is 39.5 Å². The first-order chi connectivity index (χ1) is 14.1. The van der Waals surface area contributed by atoms with Gasteiger partial charge in [-0.1, -0.05) is 0 Å². The molecule has 0 aromatic heterocycles. The van der Waals surface area contributed by atoms with Gasteiger partial charge in [-0.2, -0.15) is 0 Å². The smallest absolute Gasteiger partial charge is 0.271 e. The van der Waals surface area contributed by atoms with Crippen LogP contribution in [-0.2, 0) is 14.8 Å². The molecule has 2 rings (SSSR count). The quantitative estimate of drug-likeness (QED) is 0.463. The molecule has 30 heavy (non-hydrogen) atoms. The Bertz CT molecular complexity index is 1060. The topological polar surface area (TPSA) is 137 Å². The van der Waals surface area contributed by atoms with Gasteiger partial charge in [-0.05, 0) is 18.2 Å². The summed E-state index contributed by atoms with van der Waals surface area (Å²) >= 11 is 0. The molecule has 1 amide bonds. The maximum Gasteiger partial charge on any atom is 0.271 e. The Morgan fingerprint density at radius 1 is 1.03 bits per heavy atom. The zero-order valence-corrected chi connectivity index (χ0v) is 17.6. The van der Waals surface area contributed by atoms with Gasteiger partial charge in [-0.25, -0.2) is 8.42 Å². The molecule has 2 aromatic carbocycles. The predicted octanol–water partition coefficient (Wildman–Crippen LogP) is 2.03. The third kappa shape index (κ3) is 5.29. The standard InChI is InChI=1S/C18H21N3O8S/c1-27-15-8-6-13(21(23)24)10-14(15)20(30(4,25)26)11-18(22)19-12-5-7-16(28-2)17(9-12)29-3/h5-10H,11H2,1-4H3,(H,19,22). The number of nitrogens with one attached hydrogen (secondary N) is 1. The van der Waals surface area contributed by atoms with Gasteiger partial charge in [0.1, 0.15) is 18.0 Å². The van der Waals surface area contributed by atoms with Crippen LogP contribution in [0.3, 0.4) is 0 Å². The highest BCUT2D eigenvalue weighted by atomic mass is 32.2. The van der Waals surface area contributed by atoms with Crippen LogP contribution < -0.4 is 23.8 Å². The molecule has 0 bridgehead atoms. The van der Waals surface area contributed by atoms with Crippen LogP contribution in [0.1, 0.15) is 0 Å². The lowest BCUT2D eigenvalue weighted by Gasteiger charge is -2.23. The summed E-state index contributed by atoms with van der Waals surface area (Å²) in [6.45, 7) is -0.634. The number of nitrogens with zero attached hydrogens (tertiary/aromatic N) is 2.